The van der Waals surface area contributed by atoms with Gasteiger partial charge in [-0.05, 0) is 48.5 Å². The Morgan fingerprint density at radius 3 is 2.43 bits per heavy atom. The van der Waals surface area contributed by atoms with Crippen LogP contribution in [0, 0.1) is 11.3 Å². The van der Waals surface area contributed by atoms with Crippen LogP contribution in [0.15, 0.2) is 48.5 Å². The van der Waals surface area contributed by atoms with Gasteiger partial charge in [0.1, 0.15) is 11.9 Å². The van der Waals surface area contributed by atoms with Crippen LogP contribution in [0.1, 0.15) is 21.5 Å². The minimum absolute atomic E-state index is 0.220. The topological polar surface area (TPSA) is 62.6 Å². The fraction of sp³-hybridized carbons (Fsp3) is 0.300. The zero-order valence-corrected chi connectivity index (χ0v) is 14.8. The Kier molecular flexibility index (Phi) is 5.85. The quantitative estimate of drug-likeness (QED) is 0.805. The SMILES string of the molecule is N#Cc1ccc(C(=O)N2CCOCC(Oc3ccc(C(F)(F)F)cc3)C2)cc1. The number of amides is 1. The molecule has 1 fully saturated rings. The highest BCUT2D eigenvalue weighted by atomic mass is 19.4. The van der Waals surface area contributed by atoms with E-state index in [0.29, 0.717) is 24.3 Å². The third-order valence-electron chi connectivity index (χ3n) is 4.27. The molecule has 1 aliphatic heterocycles. The van der Waals surface area contributed by atoms with E-state index in [4.69, 9.17) is 14.7 Å². The molecular weight excluding hydrogens is 373 g/mol. The molecule has 1 unspecified atom stereocenters. The summed E-state index contributed by atoms with van der Waals surface area (Å²) in [6, 6.07) is 12.7. The van der Waals surface area contributed by atoms with Crippen molar-refractivity contribution in [2.24, 2.45) is 0 Å². The molecule has 0 spiro atoms. The first-order valence-corrected chi connectivity index (χ1v) is 8.58. The lowest BCUT2D eigenvalue weighted by atomic mass is 10.1. The number of rotatable bonds is 3. The van der Waals surface area contributed by atoms with E-state index in [-0.39, 0.29) is 24.8 Å². The van der Waals surface area contributed by atoms with Gasteiger partial charge in [0.25, 0.3) is 5.91 Å². The van der Waals surface area contributed by atoms with Gasteiger partial charge in [-0.25, -0.2) is 0 Å². The van der Waals surface area contributed by atoms with E-state index in [1.165, 1.54) is 12.1 Å². The molecule has 1 saturated heterocycles. The second kappa shape index (κ2) is 8.31. The van der Waals surface area contributed by atoms with Crippen molar-refractivity contribution in [3.05, 3.63) is 65.2 Å². The zero-order chi connectivity index (χ0) is 20.1. The lowest BCUT2D eigenvalue weighted by Crippen LogP contribution is -2.40. The first-order chi connectivity index (χ1) is 13.4. The molecule has 2 aromatic rings. The van der Waals surface area contributed by atoms with Gasteiger partial charge < -0.3 is 14.4 Å². The smallest absolute Gasteiger partial charge is 0.416 e. The van der Waals surface area contributed by atoms with Gasteiger partial charge in [-0.15, -0.1) is 0 Å². The van der Waals surface area contributed by atoms with E-state index in [9.17, 15) is 18.0 Å². The van der Waals surface area contributed by atoms with Gasteiger partial charge >= 0.3 is 6.18 Å². The molecule has 0 radical (unpaired) electrons. The van der Waals surface area contributed by atoms with Gasteiger partial charge in [0.2, 0.25) is 0 Å². The van der Waals surface area contributed by atoms with Crippen LogP contribution in [-0.4, -0.2) is 43.2 Å². The zero-order valence-electron chi connectivity index (χ0n) is 14.8. The number of carbonyl (C=O) groups is 1. The van der Waals surface area contributed by atoms with E-state index >= 15 is 0 Å². The Bertz CT molecular complexity index is 858. The number of hydrogen-bond donors (Lipinski definition) is 0. The molecule has 1 amide bonds. The molecule has 0 saturated carbocycles. The van der Waals surface area contributed by atoms with Crippen LogP contribution in [-0.2, 0) is 10.9 Å². The Morgan fingerprint density at radius 2 is 1.82 bits per heavy atom. The first-order valence-electron chi connectivity index (χ1n) is 8.58. The molecule has 0 bridgehead atoms. The van der Waals surface area contributed by atoms with Crippen molar-refractivity contribution in [1.29, 1.82) is 5.26 Å². The van der Waals surface area contributed by atoms with Crippen LogP contribution in [0.25, 0.3) is 0 Å². The fourth-order valence-electron chi connectivity index (χ4n) is 2.82. The Morgan fingerprint density at radius 1 is 1.14 bits per heavy atom. The normalized spacial score (nSPS) is 17.5. The summed E-state index contributed by atoms with van der Waals surface area (Å²) in [5, 5.41) is 8.85. The molecule has 0 aromatic heterocycles. The Balaban J connectivity index is 1.67. The summed E-state index contributed by atoms with van der Waals surface area (Å²) in [6.07, 6.45) is -4.92. The maximum Gasteiger partial charge on any atom is 0.416 e. The summed E-state index contributed by atoms with van der Waals surface area (Å²) in [5.74, 6) is 0.0466. The molecule has 146 valence electrons. The van der Waals surface area contributed by atoms with Crippen molar-refractivity contribution in [3.8, 4) is 11.8 Å². The summed E-state index contributed by atoms with van der Waals surface area (Å²) in [4.78, 5) is 14.3. The number of alkyl halides is 3. The van der Waals surface area contributed by atoms with E-state index < -0.39 is 17.8 Å². The molecule has 5 nitrogen and oxygen atoms in total. The monoisotopic (exact) mass is 390 g/mol. The number of carbonyl (C=O) groups excluding carboxylic acids is 1. The predicted molar refractivity (Wildman–Crippen MR) is 93.7 cm³/mol. The standard InChI is InChI=1S/C20H17F3N2O3/c21-20(22,23)16-5-7-17(8-6-16)28-18-12-25(9-10-27-13-18)19(26)15-3-1-14(11-24)2-4-15/h1-8,18H,9-10,12-13H2. The predicted octanol–water partition coefficient (Wildman–Crippen LogP) is 3.50. The molecule has 3 rings (SSSR count). The average Bonchev–Trinajstić information content (AvgIpc) is 2.93. The molecule has 1 aliphatic rings. The van der Waals surface area contributed by atoms with Gasteiger partial charge in [0, 0.05) is 12.1 Å². The maximum atomic E-state index is 12.7. The van der Waals surface area contributed by atoms with Crippen molar-refractivity contribution in [3.63, 3.8) is 0 Å². The maximum absolute atomic E-state index is 12.7. The molecule has 2 aromatic carbocycles. The van der Waals surface area contributed by atoms with Gasteiger partial charge in [0.15, 0.2) is 0 Å². The average molecular weight is 390 g/mol. The Labute approximate surface area is 159 Å². The van der Waals surface area contributed by atoms with Gasteiger partial charge in [-0.2, -0.15) is 18.4 Å². The fourth-order valence-corrected chi connectivity index (χ4v) is 2.82. The lowest BCUT2D eigenvalue weighted by Gasteiger charge is -2.24. The highest BCUT2D eigenvalue weighted by molar-refractivity contribution is 5.94. The van der Waals surface area contributed by atoms with Crippen LogP contribution in [0.4, 0.5) is 13.2 Å². The molecule has 1 atom stereocenters. The van der Waals surface area contributed by atoms with Gasteiger partial charge in [-0.3, -0.25) is 4.79 Å². The summed E-state index contributed by atoms with van der Waals surface area (Å²) < 4.78 is 49.2. The Hall–Kier alpha value is -3.05. The van der Waals surface area contributed by atoms with Crippen LogP contribution in [0.3, 0.4) is 0 Å². The first kappa shape index (κ1) is 19.7. The number of halogens is 3. The molecule has 8 heteroatoms. The lowest BCUT2D eigenvalue weighted by molar-refractivity contribution is -0.137. The molecule has 28 heavy (non-hydrogen) atoms. The van der Waals surface area contributed by atoms with Crippen molar-refractivity contribution in [2.75, 3.05) is 26.3 Å². The number of hydrogen-bond acceptors (Lipinski definition) is 4. The largest absolute Gasteiger partial charge is 0.486 e. The van der Waals surface area contributed by atoms with Crippen molar-refractivity contribution >= 4 is 5.91 Å². The van der Waals surface area contributed by atoms with E-state index in [1.54, 1.807) is 29.2 Å². The minimum atomic E-state index is -4.41. The van der Waals surface area contributed by atoms with Gasteiger partial charge in [0.05, 0.1) is 37.0 Å². The minimum Gasteiger partial charge on any atom is -0.486 e. The number of ether oxygens (including phenoxy) is 2. The summed E-state index contributed by atoms with van der Waals surface area (Å²) in [7, 11) is 0. The molecule has 1 heterocycles. The third-order valence-corrected chi connectivity index (χ3v) is 4.27. The summed E-state index contributed by atoms with van der Waals surface area (Å²) in [6.45, 7) is 1.15. The van der Waals surface area contributed by atoms with Crippen molar-refractivity contribution in [2.45, 2.75) is 12.3 Å². The van der Waals surface area contributed by atoms with Crippen LogP contribution in [0.5, 0.6) is 5.75 Å². The van der Waals surface area contributed by atoms with E-state index in [1.807, 2.05) is 6.07 Å². The second-order valence-electron chi connectivity index (χ2n) is 6.28. The van der Waals surface area contributed by atoms with Crippen molar-refractivity contribution < 1.29 is 27.4 Å². The summed E-state index contributed by atoms with van der Waals surface area (Å²) in [5.41, 5.74) is 0.142. The van der Waals surface area contributed by atoms with E-state index in [0.717, 1.165) is 12.1 Å². The van der Waals surface area contributed by atoms with Crippen LogP contribution >= 0.6 is 0 Å². The van der Waals surface area contributed by atoms with Crippen molar-refractivity contribution in [1.82, 2.24) is 4.90 Å². The number of nitriles is 1. The number of nitrogens with zero attached hydrogens (tertiary/aromatic N) is 2. The molecule has 0 aliphatic carbocycles. The summed E-state index contributed by atoms with van der Waals surface area (Å²) >= 11 is 0. The highest BCUT2D eigenvalue weighted by Crippen LogP contribution is 2.30. The van der Waals surface area contributed by atoms with Crippen LogP contribution < -0.4 is 4.74 Å². The third kappa shape index (κ3) is 4.81. The van der Waals surface area contributed by atoms with E-state index in [2.05, 4.69) is 0 Å². The molecular formula is C20H17F3N2O3. The molecule has 0 N–H and O–H groups in total. The van der Waals surface area contributed by atoms with Crippen LogP contribution in [0.2, 0.25) is 0 Å². The van der Waals surface area contributed by atoms with Gasteiger partial charge in [-0.1, -0.05) is 0 Å². The number of benzene rings is 2. The highest BCUT2D eigenvalue weighted by Gasteiger charge is 2.30. The second-order valence-corrected chi connectivity index (χ2v) is 6.28.